The molecule has 0 aromatic carbocycles. The molecule has 0 aliphatic carbocycles. The molecule has 0 heterocycles. The Morgan fingerprint density at radius 1 is 1.70 bits per heavy atom. The van der Waals surface area contributed by atoms with E-state index in [1.807, 2.05) is 11.8 Å². The van der Waals surface area contributed by atoms with Crippen molar-refractivity contribution in [3.8, 4) is 0 Å². The molecule has 0 bridgehead atoms. The predicted molar refractivity (Wildman–Crippen MR) is 50.4 cm³/mol. The maximum absolute atomic E-state index is 5.45. The minimum atomic E-state index is 0.643. The van der Waals surface area contributed by atoms with Gasteiger partial charge in [-0.2, -0.15) is 11.8 Å². The monoisotopic (exact) mass is 159 g/mol. The molecule has 0 aromatic rings. The lowest BCUT2D eigenvalue weighted by atomic mass is 10.2. The van der Waals surface area contributed by atoms with Gasteiger partial charge in [-0.05, 0) is 25.1 Å². The fourth-order valence-electron chi connectivity index (χ4n) is 0.502. The van der Waals surface area contributed by atoms with Crippen molar-refractivity contribution in [3.05, 3.63) is 12.2 Å². The van der Waals surface area contributed by atoms with E-state index in [1.165, 1.54) is 5.57 Å². The summed E-state index contributed by atoms with van der Waals surface area (Å²) in [6, 6.07) is 0. The third kappa shape index (κ3) is 6.17. The van der Waals surface area contributed by atoms with Gasteiger partial charge in [-0.3, -0.25) is 0 Å². The van der Waals surface area contributed by atoms with E-state index >= 15 is 0 Å². The quantitative estimate of drug-likeness (QED) is 0.620. The highest BCUT2D eigenvalue weighted by atomic mass is 32.2. The van der Waals surface area contributed by atoms with Crippen molar-refractivity contribution in [2.75, 3.05) is 18.1 Å². The molecule has 60 valence electrons. The van der Waals surface area contributed by atoms with Gasteiger partial charge in [-0.15, -0.1) is 0 Å². The van der Waals surface area contributed by atoms with Gasteiger partial charge < -0.3 is 5.73 Å². The van der Waals surface area contributed by atoms with Crippen LogP contribution in [-0.4, -0.2) is 18.1 Å². The van der Waals surface area contributed by atoms with Crippen LogP contribution in [-0.2, 0) is 0 Å². The van der Waals surface area contributed by atoms with Crippen molar-refractivity contribution in [1.82, 2.24) is 0 Å². The Morgan fingerprint density at radius 3 is 2.70 bits per heavy atom. The lowest BCUT2D eigenvalue weighted by Gasteiger charge is -2.06. The first-order chi connectivity index (χ1) is 4.66. The van der Waals surface area contributed by atoms with Crippen LogP contribution >= 0.6 is 11.8 Å². The summed E-state index contributed by atoms with van der Waals surface area (Å²) < 4.78 is 0. The number of rotatable bonds is 5. The lowest BCUT2D eigenvalue weighted by molar-refractivity contribution is 0.676. The van der Waals surface area contributed by atoms with Crippen LogP contribution in [0.25, 0.3) is 0 Å². The zero-order chi connectivity index (χ0) is 7.98. The van der Waals surface area contributed by atoms with Crippen LogP contribution in [0, 0.1) is 5.92 Å². The summed E-state index contributed by atoms with van der Waals surface area (Å²) in [6.45, 7) is 8.85. The fraction of sp³-hybridized carbons (Fsp3) is 0.750. The molecule has 0 aliphatic heterocycles. The van der Waals surface area contributed by atoms with E-state index in [-0.39, 0.29) is 0 Å². The van der Waals surface area contributed by atoms with E-state index in [9.17, 15) is 0 Å². The molecule has 0 fully saturated rings. The highest BCUT2D eigenvalue weighted by molar-refractivity contribution is 7.99. The van der Waals surface area contributed by atoms with Crippen LogP contribution in [0.3, 0.4) is 0 Å². The Bertz CT molecular complexity index is 101. The number of thioether (sulfide) groups is 1. The Kier molecular flexibility index (Phi) is 5.84. The van der Waals surface area contributed by atoms with Crippen LogP contribution in [0.4, 0.5) is 0 Å². The minimum absolute atomic E-state index is 0.643. The molecule has 0 radical (unpaired) electrons. The Balaban J connectivity index is 3.11. The summed E-state index contributed by atoms with van der Waals surface area (Å²) in [5, 5.41) is 0. The molecule has 0 aliphatic rings. The fourth-order valence-corrected chi connectivity index (χ4v) is 1.51. The van der Waals surface area contributed by atoms with Gasteiger partial charge >= 0.3 is 0 Å². The smallest absolute Gasteiger partial charge is 0.0137 e. The third-order valence-corrected chi connectivity index (χ3v) is 2.65. The molecular formula is C8H17NS. The van der Waals surface area contributed by atoms with Gasteiger partial charge in [0.1, 0.15) is 0 Å². The van der Waals surface area contributed by atoms with Gasteiger partial charge in [0.25, 0.3) is 0 Å². The van der Waals surface area contributed by atoms with Crippen LogP contribution in [0.2, 0.25) is 0 Å². The number of hydrogen-bond donors (Lipinski definition) is 1. The van der Waals surface area contributed by atoms with Crippen LogP contribution < -0.4 is 5.73 Å². The zero-order valence-corrected chi connectivity index (χ0v) is 7.71. The summed E-state index contributed by atoms with van der Waals surface area (Å²) >= 11 is 1.91. The molecule has 0 rings (SSSR count). The number of hydrogen-bond acceptors (Lipinski definition) is 2. The minimum Gasteiger partial charge on any atom is -0.330 e. The average Bonchev–Trinajstić information content (AvgIpc) is 1.87. The third-order valence-electron chi connectivity index (χ3n) is 1.15. The second-order valence-electron chi connectivity index (χ2n) is 2.81. The van der Waals surface area contributed by atoms with Crippen molar-refractivity contribution in [1.29, 1.82) is 0 Å². The van der Waals surface area contributed by atoms with Gasteiger partial charge in [0.2, 0.25) is 0 Å². The zero-order valence-electron chi connectivity index (χ0n) is 6.89. The van der Waals surface area contributed by atoms with E-state index in [0.717, 1.165) is 18.1 Å². The Hall–Kier alpha value is 0.0500. The molecule has 0 spiro atoms. The van der Waals surface area contributed by atoms with Crippen LogP contribution in [0.5, 0.6) is 0 Å². The highest BCUT2D eigenvalue weighted by Crippen LogP contribution is 2.09. The molecule has 1 nitrogen and oxygen atoms in total. The largest absolute Gasteiger partial charge is 0.330 e. The number of nitrogens with two attached hydrogens (primary N) is 1. The van der Waals surface area contributed by atoms with E-state index in [4.69, 9.17) is 5.73 Å². The van der Waals surface area contributed by atoms with Crippen LogP contribution in [0.15, 0.2) is 12.2 Å². The topological polar surface area (TPSA) is 26.0 Å². The van der Waals surface area contributed by atoms with Gasteiger partial charge in [0.05, 0.1) is 0 Å². The van der Waals surface area contributed by atoms with Gasteiger partial charge in [-0.25, -0.2) is 0 Å². The molecule has 1 atom stereocenters. The van der Waals surface area contributed by atoms with Gasteiger partial charge in [-0.1, -0.05) is 19.1 Å². The summed E-state index contributed by atoms with van der Waals surface area (Å²) in [4.78, 5) is 0. The molecule has 0 saturated carbocycles. The van der Waals surface area contributed by atoms with E-state index in [1.54, 1.807) is 0 Å². The second kappa shape index (κ2) is 5.81. The van der Waals surface area contributed by atoms with Crippen molar-refractivity contribution >= 4 is 11.8 Å². The van der Waals surface area contributed by atoms with E-state index in [2.05, 4.69) is 20.4 Å². The summed E-state index contributed by atoms with van der Waals surface area (Å²) in [5.74, 6) is 2.87. The molecule has 2 N–H and O–H groups in total. The maximum Gasteiger partial charge on any atom is 0.0137 e. The summed E-state index contributed by atoms with van der Waals surface area (Å²) in [7, 11) is 0. The first kappa shape index (κ1) is 10.0. The van der Waals surface area contributed by atoms with Crippen molar-refractivity contribution in [3.63, 3.8) is 0 Å². The molecule has 1 unspecified atom stereocenters. The summed E-state index contributed by atoms with van der Waals surface area (Å²) in [5.41, 5.74) is 6.70. The van der Waals surface area contributed by atoms with Crippen molar-refractivity contribution in [2.45, 2.75) is 13.8 Å². The Morgan fingerprint density at radius 2 is 2.30 bits per heavy atom. The highest BCUT2D eigenvalue weighted by Gasteiger charge is 1.97. The van der Waals surface area contributed by atoms with Crippen molar-refractivity contribution < 1.29 is 0 Å². The molecule has 0 aromatic heterocycles. The standard InChI is InChI=1S/C8H17NS/c1-7(2)5-10-6-8(3)4-9/h8H,1,4-6,9H2,2-3H3. The normalized spacial score (nSPS) is 13.1. The Labute approximate surface area is 68.1 Å². The molecule has 10 heavy (non-hydrogen) atoms. The van der Waals surface area contributed by atoms with E-state index in [0.29, 0.717) is 5.92 Å². The predicted octanol–water partition coefficient (Wildman–Crippen LogP) is 1.89. The molecule has 0 amide bonds. The lowest BCUT2D eigenvalue weighted by Crippen LogP contribution is -2.12. The SMILES string of the molecule is C=C(C)CSCC(C)CN. The molecule has 0 saturated heterocycles. The molecule has 2 heteroatoms. The van der Waals surface area contributed by atoms with Crippen molar-refractivity contribution in [2.24, 2.45) is 11.7 Å². The average molecular weight is 159 g/mol. The van der Waals surface area contributed by atoms with Gasteiger partial charge in [0.15, 0.2) is 0 Å². The second-order valence-corrected chi connectivity index (χ2v) is 3.84. The van der Waals surface area contributed by atoms with E-state index < -0.39 is 0 Å². The van der Waals surface area contributed by atoms with Gasteiger partial charge in [0, 0.05) is 5.75 Å². The summed E-state index contributed by atoms with van der Waals surface area (Å²) in [6.07, 6.45) is 0. The first-order valence-electron chi connectivity index (χ1n) is 3.59. The first-order valence-corrected chi connectivity index (χ1v) is 4.74. The maximum atomic E-state index is 5.45. The molecular weight excluding hydrogens is 142 g/mol. The van der Waals surface area contributed by atoms with Crippen LogP contribution in [0.1, 0.15) is 13.8 Å².